The number of hydrogen-bond acceptors (Lipinski definition) is 4. The lowest BCUT2D eigenvalue weighted by Crippen LogP contribution is -2.22. The molecule has 0 aliphatic heterocycles. The highest BCUT2D eigenvalue weighted by Gasteiger charge is 2.44. The van der Waals surface area contributed by atoms with Crippen LogP contribution >= 0.6 is 8.03 Å². The van der Waals surface area contributed by atoms with Crippen molar-refractivity contribution in [2.24, 2.45) is 5.92 Å². The molecule has 3 N–H and O–H groups in total. The maximum absolute atomic E-state index is 11.4. The van der Waals surface area contributed by atoms with Gasteiger partial charge in [-0.3, -0.25) is 14.6 Å². The van der Waals surface area contributed by atoms with Gasteiger partial charge in [0.05, 0.1) is 5.69 Å². The summed E-state index contributed by atoms with van der Waals surface area (Å²) in [6.45, 7) is 0. The van der Waals surface area contributed by atoms with Gasteiger partial charge in [0.25, 0.3) is 0 Å². The molecule has 1 heterocycles. The fourth-order valence-corrected chi connectivity index (χ4v) is 2.68. The van der Waals surface area contributed by atoms with Gasteiger partial charge >= 0.3 is 20.0 Å². The van der Waals surface area contributed by atoms with Gasteiger partial charge in [0.2, 0.25) is 5.66 Å². The minimum Gasteiger partial charge on any atom is -0.481 e. The number of pyridine rings is 1. The maximum atomic E-state index is 11.4. The van der Waals surface area contributed by atoms with Crippen LogP contribution in [0.1, 0.15) is 24.2 Å². The first-order chi connectivity index (χ1) is 8.93. The quantitative estimate of drug-likeness (QED) is 0.647. The first-order valence-corrected chi connectivity index (χ1v) is 6.72. The summed E-state index contributed by atoms with van der Waals surface area (Å²) in [5.74, 6) is -3.73. The summed E-state index contributed by atoms with van der Waals surface area (Å²) in [5.41, 5.74) is -1.04. The molecule has 0 radical (unpaired) electrons. The first-order valence-electron chi connectivity index (χ1n) is 5.44. The van der Waals surface area contributed by atoms with E-state index in [1.54, 1.807) is 12.1 Å². The lowest BCUT2D eigenvalue weighted by atomic mass is 9.96. The van der Waals surface area contributed by atoms with Crippen molar-refractivity contribution in [2.45, 2.75) is 18.5 Å². The molecular weight excluding hydrogens is 273 g/mol. The molecular formula is C11H13NO6P+. The molecule has 0 saturated carbocycles. The van der Waals surface area contributed by atoms with Crippen molar-refractivity contribution >= 4 is 20.0 Å². The fraction of sp³-hybridized carbons (Fsp3) is 0.364. The monoisotopic (exact) mass is 286 g/mol. The van der Waals surface area contributed by atoms with E-state index in [9.17, 15) is 19.0 Å². The summed E-state index contributed by atoms with van der Waals surface area (Å²) in [6.07, 6.45) is 0.772. The van der Waals surface area contributed by atoms with E-state index in [2.05, 4.69) is 4.98 Å². The van der Waals surface area contributed by atoms with E-state index in [-0.39, 0.29) is 18.5 Å². The van der Waals surface area contributed by atoms with Crippen LogP contribution in [0.2, 0.25) is 0 Å². The predicted molar refractivity (Wildman–Crippen MR) is 64.8 cm³/mol. The number of aromatic nitrogens is 1. The molecule has 1 aromatic heterocycles. The average Bonchev–Trinajstić information content (AvgIpc) is 2.34. The number of rotatable bonds is 7. The van der Waals surface area contributed by atoms with E-state index in [1.165, 1.54) is 12.3 Å². The topological polar surface area (TPSA) is 125 Å². The lowest BCUT2D eigenvalue weighted by molar-refractivity contribution is -0.143. The Hall–Kier alpha value is -1.85. The summed E-state index contributed by atoms with van der Waals surface area (Å²) < 4.78 is 11.4. The Bertz CT molecular complexity index is 477. The molecule has 8 heteroatoms. The Kier molecular flexibility index (Phi) is 5.54. The van der Waals surface area contributed by atoms with Crippen molar-refractivity contribution in [2.75, 3.05) is 0 Å². The van der Waals surface area contributed by atoms with Crippen LogP contribution in [-0.4, -0.2) is 32.0 Å². The smallest absolute Gasteiger partial charge is 0.481 e. The van der Waals surface area contributed by atoms with Gasteiger partial charge in [-0.25, -0.2) is 0 Å². The second-order valence-electron chi connectivity index (χ2n) is 3.88. The highest BCUT2D eigenvalue weighted by molar-refractivity contribution is 7.38. The molecule has 0 spiro atoms. The van der Waals surface area contributed by atoms with E-state index < -0.39 is 31.5 Å². The van der Waals surface area contributed by atoms with Crippen molar-refractivity contribution < 1.29 is 29.3 Å². The highest BCUT2D eigenvalue weighted by atomic mass is 31.1. The van der Waals surface area contributed by atoms with Crippen LogP contribution in [0.4, 0.5) is 0 Å². The van der Waals surface area contributed by atoms with Crippen LogP contribution in [0.5, 0.6) is 0 Å². The normalized spacial score (nSPS) is 14.5. The van der Waals surface area contributed by atoms with Crippen LogP contribution in [0.25, 0.3) is 0 Å². The molecule has 19 heavy (non-hydrogen) atoms. The van der Waals surface area contributed by atoms with Crippen molar-refractivity contribution in [1.82, 2.24) is 4.98 Å². The van der Waals surface area contributed by atoms with Gasteiger partial charge < -0.3 is 10.2 Å². The van der Waals surface area contributed by atoms with E-state index in [0.717, 1.165) is 0 Å². The van der Waals surface area contributed by atoms with E-state index in [1.807, 2.05) is 0 Å². The van der Waals surface area contributed by atoms with Crippen molar-refractivity contribution in [3.63, 3.8) is 0 Å². The van der Waals surface area contributed by atoms with Crippen molar-refractivity contribution in [1.29, 1.82) is 0 Å². The molecule has 1 aromatic rings. The van der Waals surface area contributed by atoms with E-state index >= 15 is 0 Å². The molecule has 0 aromatic carbocycles. The van der Waals surface area contributed by atoms with Gasteiger partial charge in [-0.2, -0.15) is 4.89 Å². The molecule has 0 aliphatic carbocycles. The number of carbonyl (C=O) groups is 2. The Morgan fingerprint density at radius 2 is 2.00 bits per heavy atom. The number of aliphatic carboxylic acids is 2. The third-order valence-electron chi connectivity index (χ3n) is 2.60. The molecule has 0 aliphatic rings. The molecule has 0 saturated heterocycles. The van der Waals surface area contributed by atoms with Gasteiger partial charge in [0.15, 0.2) is 0 Å². The van der Waals surface area contributed by atoms with Crippen LogP contribution in [0.15, 0.2) is 24.4 Å². The Morgan fingerprint density at radius 1 is 1.32 bits per heavy atom. The Labute approximate surface area is 109 Å². The van der Waals surface area contributed by atoms with E-state index in [0.29, 0.717) is 0 Å². The third-order valence-corrected chi connectivity index (χ3v) is 3.70. The third kappa shape index (κ3) is 4.39. The fourth-order valence-electron chi connectivity index (χ4n) is 1.72. The van der Waals surface area contributed by atoms with Crippen LogP contribution in [0.3, 0.4) is 0 Å². The minimum absolute atomic E-state index is 0.170. The molecule has 3 unspecified atom stereocenters. The number of carboxylic acid groups (broad SMARTS) is 2. The standard InChI is InChI=1S/C11H12NO6P/c13-9(14)5-4-7(11(15)16)10(19(17)18)8-3-1-2-6-12-8/h1-3,6-7,10H,4-5H2,(H2-,13,14,15,16,17,18)/p+1. The number of carboxylic acids is 2. The molecule has 0 fully saturated rings. The van der Waals surface area contributed by atoms with Gasteiger partial charge in [0.1, 0.15) is 5.92 Å². The zero-order valence-corrected chi connectivity index (χ0v) is 10.7. The molecule has 0 bridgehead atoms. The largest absolute Gasteiger partial charge is 0.516 e. The highest BCUT2D eigenvalue weighted by Crippen LogP contribution is 2.44. The molecule has 7 nitrogen and oxygen atoms in total. The summed E-state index contributed by atoms with van der Waals surface area (Å²) in [4.78, 5) is 34.9. The van der Waals surface area contributed by atoms with Gasteiger partial charge in [-0.1, -0.05) is 6.07 Å². The second-order valence-corrected chi connectivity index (χ2v) is 5.04. The molecule has 3 atom stereocenters. The summed E-state index contributed by atoms with van der Waals surface area (Å²) in [7, 11) is -2.83. The maximum Gasteiger partial charge on any atom is 0.516 e. The number of hydrogen-bond donors (Lipinski definition) is 3. The van der Waals surface area contributed by atoms with E-state index in [4.69, 9.17) is 10.2 Å². The number of nitrogens with zero attached hydrogens (tertiary/aromatic N) is 1. The Balaban J connectivity index is 3.03. The molecule has 102 valence electrons. The van der Waals surface area contributed by atoms with Crippen LogP contribution in [0, 0.1) is 5.92 Å². The van der Waals surface area contributed by atoms with Crippen LogP contribution in [-0.2, 0) is 14.2 Å². The zero-order valence-electron chi connectivity index (χ0n) is 9.84. The second kappa shape index (κ2) is 6.92. The van der Waals surface area contributed by atoms with Gasteiger partial charge in [0, 0.05) is 12.6 Å². The van der Waals surface area contributed by atoms with Gasteiger partial charge in [-0.15, -0.1) is 0 Å². The predicted octanol–water partition coefficient (Wildman–Crippen LogP) is 1.42. The minimum atomic E-state index is -2.83. The summed E-state index contributed by atoms with van der Waals surface area (Å²) >= 11 is 0. The Morgan fingerprint density at radius 3 is 2.42 bits per heavy atom. The van der Waals surface area contributed by atoms with Crippen molar-refractivity contribution in [3.05, 3.63) is 30.1 Å². The van der Waals surface area contributed by atoms with Crippen molar-refractivity contribution in [3.8, 4) is 0 Å². The average molecular weight is 286 g/mol. The zero-order chi connectivity index (χ0) is 14.4. The van der Waals surface area contributed by atoms with Crippen LogP contribution < -0.4 is 0 Å². The summed E-state index contributed by atoms with van der Waals surface area (Å²) in [6, 6.07) is 4.62. The molecule has 0 amide bonds. The first kappa shape index (κ1) is 15.2. The SMILES string of the molecule is O=C(O)CCC(C(=O)O)C(c1ccccn1)[P+](=O)O. The summed E-state index contributed by atoms with van der Waals surface area (Å²) in [5, 5.41) is 17.7. The molecule has 1 rings (SSSR count). The lowest BCUT2D eigenvalue weighted by Gasteiger charge is -2.13. The van der Waals surface area contributed by atoms with Gasteiger partial charge in [-0.05, 0) is 23.1 Å².